The number of hydrogen-bond donors (Lipinski definition) is 1. The van der Waals surface area contributed by atoms with Crippen molar-refractivity contribution < 1.29 is 87.2 Å². The fourth-order valence-corrected chi connectivity index (χ4v) is 0. The van der Waals surface area contributed by atoms with Crippen LogP contribution in [0.15, 0.2) is 0 Å². The summed E-state index contributed by atoms with van der Waals surface area (Å²) in [5, 5.41) is 0. The predicted molar refractivity (Wildman–Crippen MR) is 22.4 cm³/mol. The van der Waals surface area contributed by atoms with E-state index in [0.29, 0.717) is 0 Å². The smallest absolute Gasteiger partial charge is 0.784 e. The van der Waals surface area contributed by atoms with Crippen LogP contribution in [0.4, 0.5) is 0 Å². The van der Waals surface area contributed by atoms with Crippen molar-refractivity contribution in [2.24, 2.45) is 0 Å². The van der Waals surface area contributed by atoms with Gasteiger partial charge in [-0.1, -0.05) is 0 Å². The van der Waals surface area contributed by atoms with Crippen molar-refractivity contribution >= 4 is 22.7 Å². The fraction of sp³-hybridized carbons (Fsp3) is 0. The van der Waals surface area contributed by atoms with E-state index in [1.807, 2.05) is 0 Å². The van der Waals surface area contributed by atoms with Crippen LogP contribution in [0.1, 0.15) is 1.43 Å². The molecule has 6 nitrogen and oxygen atoms in total. The van der Waals surface area contributed by atoms with Crippen molar-refractivity contribution in [3.63, 3.8) is 0 Å². The Balaban J connectivity index is -0.0000000171. The molecule has 1 unspecified atom stereocenters. The van der Waals surface area contributed by atoms with Crippen molar-refractivity contribution in [3.8, 4) is 0 Å². The SMILES string of the molecule is O=S([O-])O.O=S([O-])[O-].[H+].[Na+].[Na+]. The number of hydrogen-bond acceptors (Lipinski definition) is 5. The van der Waals surface area contributed by atoms with Crippen LogP contribution in [0.2, 0.25) is 0 Å². The van der Waals surface area contributed by atoms with Crippen LogP contribution in [-0.4, -0.2) is 26.6 Å². The molecule has 0 aliphatic rings. The van der Waals surface area contributed by atoms with E-state index in [0.717, 1.165) is 0 Å². The van der Waals surface area contributed by atoms with Gasteiger partial charge in [-0.15, -0.1) is 11.4 Å². The molecule has 10 heteroatoms. The zero-order chi connectivity index (χ0) is 7.15. The van der Waals surface area contributed by atoms with Crippen LogP contribution in [0.3, 0.4) is 0 Å². The first-order chi connectivity index (χ1) is 3.46. The van der Waals surface area contributed by atoms with Gasteiger partial charge in [0.05, 0.1) is 11.4 Å². The van der Waals surface area contributed by atoms with Gasteiger partial charge in [0.2, 0.25) is 0 Å². The van der Waals surface area contributed by atoms with Crippen LogP contribution < -0.4 is 59.1 Å². The maximum Gasteiger partial charge on any atom is 1.00 e. The Morgan fingerprint density at radius 1 is 1.10 bits per heavy atom. The van der Waals surface area contributed by atoms with E-state index in [9.17, 15) is 0 Å². The van der Waals surface area contributed by atoms with Crippen molar-refractivity contribution in [2.75, 3.05) is 0 Å². The van der Waals surface area contributed by atoms with Crippen LogP contribution >= 0.6 is 0 Å². The Hall–Kier alpha value is 2.14. The Kier molecular flexibility index (Phi) is 39.3. The van der Waals surface area contributed by atoms with Gasteiger partial charge < -0.3 is 18.2 Å². The van der Waals surface area contributed by atoms with E-state index < -0.39 is 22.7 Å². The summed E-state index contributed by atoms with van der Waals surface area (Å²) in [5.74, 6) is 0. The third-order valence-electron chi connectivity index (χ3n) is 0. The summed E-state index contributed by atoms with van der Waals surface area (Å²) >= 11 is -5.97. The molecule has 0 spiro atoms. The second-order valence-electron chi connectivity index (χ2n) is 0.421. The van der Waals surface area contributed by atoms with Gasteiger partial charge in [0.25, 0.3) is 0 Å². The van der Waals surface area contributed by atoms with Crippen LogP contribution in [0.5, 0.6) is 0 Å². The predicted octanol–water partition coefficient (Wildman–Crippen LogP) is -7.55. The van der Waals surface area contributed by atoms with Gasteiger partial charge in [-0.2, -0.15) is 0 Å². The molecule has 0 fully saturated rings. The molecular formula is H2Na2O6S2. The minimum absolute atomic E-state index is 0. The molecule has 0 rings (SSSR count). The van der Waals surface area contributed by atoms with Gasteiger partial charge in [-0.3, -0.25) is 4.21 Å². The average molecular weight is 208 g/mol. The molecule has 1 N–H and O–H groups in total. The first-order valence-corrected chi connectivity index (χ1v) is 3.05. The molecular weight excluding hydrogens is 206 g/mol. The van der Waals surface area contributed by atoms with Crippen LogP contribution in [-0.2, 0) is 22.7 Å². The first-order valence-electron chi connectivity index (χ1n) is 1.02. The van der Waals surface area contributed by atoms with Gasteiger partial charge in [-0.25, -0.2) is 4.21 Å². The molecule has 0 aromatic heterocycles. The summed E-state index contributed by atoms with van der Waals surface area (Å²) in [6.07, 6.45) is 0. The maximum absolute atomic E-state index is 8.56. The van der Waals surface area contributed by atoms with Gasteiger partial charge in [0, 0.05) is 0 Å². The van der Waals surface area contributed by atoms with E-state index in [4.69, 9.17) is 26.6 Å². The van der Waals surface area contributed by atoms with Gasteiger partial charge in [-0.05, 0) is 0 Å². The van der Waals surface area contributed by atoms with E-state index in [2.05, 4.69) is 0 Å². The zero-order valence-corrected chi connectivity index (χ0v) is 10.9. The molecule has 1 atom stereocenters. The zero-order valence-electron chi connectivity index (χ0n) is 6.30. The Morgan fingerprint density at radius 3 is 1.10 bits per heavy atom. The normalized spacial score (nSPS) is 9.70. The topological polar surface area (TPSA) is 124 Å². The van der Waals surface area contributed by atoms with E-state index in [-0.39, 0.29) is 60.5 Å². The molecule has 0 aromatic carbocycles. The first kappa shape index (κ1) is 22.7. The van der Waals surface area contributed by atoms with Gasteiger partial charge in [0.1, 0.15) is 0 Å². The second kappa shape index (κ2) is 17.3. The molecule has 0 aromatic rings. The van der Waals surface area contributed by atoms with Gasteiger partial charge in [0.15, 0.2) is 0 Å². The summed E-state index contributed by atoms with van der Waals surface area (Å²) in [6.45, 7) is 0. The van der Waals surface area contributed by atoms with Crippen molar-refractivity contribution in [1.29, 1.82) is 0 Å². The van der Waals surface area contributed by atoms with Crippen molar-refractivity contribution in [1.82, 2.24) is 0 Å². The molecule has 0 saturated carbocycles. The van der Waals surface area contributed by atoms with E-state index in [1.165, 1.54) is 0 Å². The minimum Gasteiger partial charge on any atom is -0.784 e. The summed E-state index contributed by atoms with van der Waals surface area (Å²) in [6, 6.07) is 0. The van der Waals surface area contributed by atoms with Crippen LogP contribution in [0.25, 0.3) is 0 Å². The molecule has 0 aliphatic heterocycles. The second-order valence-corrected chi connectivity index (χ2v) is 1.26. The average Bonchev–Trinajstić information content (AvgIpc) is 1.25. The maximum atomic E-state index is 8.56. The van der Waals surface area contributed by atoms with Crippen molar-refractivity contribution in [2.45, 2.75) is 0 Å². The molecule has 52 valence electrons. The molecule has 0 radical (unpaired) electrons. The molecule has 0 bridgehead atoms. The molecule has 10 heavy (non-hydrogen) atoms. The molecule has 0 saturated heterocycles. The Morgan fingerprint density at radius 2 is 1.10 bits per heavy atom. The summed E-state index contributed by atoms with van der Waals surface area (Å²) in [5.41, 5.74) is 0. The van der Waals surface area contributed by atoms with Gasteiger partial charge >= 0.3 is 60.5 Å². The number of rotatable bonds is 0. The largest absolute Gasteiger partial charge is 1.00 e. The van der Waals surface area contributed by atoms with Crippen LogP contribution in [0, 0.1) is 0 Å². The molecule has 0 amide bonds. The minimum atomic E-state index is -3.11. The van der Waals surface area contributed by atoms with Crippen molar-refractivity contribution in [3.05, 3.63) is 0 Å². The standard InChI is InChI=1S/2Na.2H2O3S/c;;2*1-4(2)3/h;;2*(H2,1,2,3)/q2*+1;;/p-2. The Bertz CT molecular complexity index is 76.6. The monoisotopic (exact) mass is 208 g/mol. The third kappa shape index (κ3) is 185. The quantitative estimate of drug-likeness (QED) is 0.311. The summed E-state index contributed by atoms with van der Waals surface area (Å²) < 4.78 is 49.4. The summed E-state index contributed by atoms with van der Waals surface area (Å²) in [4.78, 5) is 0. The van der Waals surface area contributed by atoms with E-state index >= 15 is 0 Å². The molecule has 0 aliphatic carbocycles. The summed E-state index contributed by atoms with van der Waals surface area (Å²) in [7, 11) is 0. The molecule has 0 heterocycles. The van der Waals surface area contributed by atoms with E-state index in [1.54, 1.807) is 0 Å². The third-order valence-corrected chi connectivity index (χ3v) is 0. The fourth-order valence-electron chi connectivity index (χ4n) is 0. The Labute approximate surface area is 108 Å².